The van der Waals surface area contributed by atoms with E-state index in [-0.39, 0.29) is 11.9 Å². The zero-order chi connectivity index (χ0) is 16.8. The number of nitrogens with zero attached hydrogens (tertiary/aromatic N) is 2. The van der Waals surface area contributed by atoms with Crippen molar-refractivity contribution in [3.05, 3.63) is 58.6 Å². The molecule has 1 atom stereocenters. The van der Waals surface area contributed by atoms with Crippen molar-refractivity contribution in [3.8, 4) is 5.75 Å². The highest BCUT2D eigenvalue weighted by molar-refractivity contribution is 6.31. The van der Waals surface area contributed by atoms with E-state index in [9.17, 15) is 9.59 Å². The summed E-state index contributed by atoms with van der Waals surface area (Å²) in [6.07, 6.45) is 0.528. The van der Waals surface area contributed by atoms with Crippen molar-refractivity contribution in [2.45, 2.75) is 19.0 Å². The van der Waals surface area contributed by atoms with Crippen molar-refractivity contribution >= 4 is 29.2 Å². The van der Waals surface area contributed by atoms with E-state index in [4.69, 9.17) is 16.3 Å². The monoisotopic (exact) mass is 342 g/mol. The van der Waals surface area contributed by atoms with Gasteiger partial charge in [-0.25, -0.2) is 9.69 Å². The number of halogens is 1. The Morgan fingerprint density at radius 3 is 2.62 bits per heavy atom. The second kappa shape index (κ2) is 5.53. The van der Waals surface area contributed by atoms with Crippen LogP contribution in [0.3, 0.4) is 0 Å². The number of benzene rings is 2. The quantitative estimate of drug-likeness (QED) is 0.787. The Hall–Kier alpha value is -2.53. The lowest BCUT2D eigenvalue weighted by molar-refractivity contribution is -0.120. The molecule has 122 valence electrons. The molecule has 2 aliphatic rings. The van der Waals surface area contributed by atoms with Crippen LogP contribution in [-0.4, -0.2) is 30.0 Å². The lowest BCUT2D eigenvalue weighted by Gasteiger charge is -2.28. The van der Waals surface area contributed by atoms with Crippen LogP contribution in [0.1, 0.15) is 11.1 Å². The third kappa shape index (κ3) is 2.16. The first-order valence-electron chi connectivity index (χ1n) is 7.65. The van der Waals surface area contributed by atoms with E-state index in [1.807, 2.05) is 24.3 Å². The molecule has 5 nitrogen and oxygen atoms in total. The minimum atomic E-state index is -0.476. The van der Waals surface area contributed by atoms with Gasteiger partial charge in [0.25, 0.3) is 5.91 Å². The van der Waals surface area contributed by atoms with Gasteiger partial charge in [-0.3, -0.25) is 4.79 Å². The number of ether oxygens (including phenoxy) is 1. The highest BCUT2D eigenvalue weighted by Gasteiger charge is 2.48. The number of fused-ring (bicyclic) bond motifs is 2. The number of hydrogen-bond acceptors (Lipinski definition) is 3. The predicted octanol–water partition coefficient (Wildman–Crippen LogP) is 3.24. The summed E-state index contributed by atoms with van der Waals surface area (Å²) in [6.45, 7) is 0.435. The Kier molecular flexibility index (Phi) is 3.46. The molecular formula is C18H15ClN2O3. The maximum atomic E-state index is 12.9. The summed E-state index contributed by atoms with van der Waals surface area (Å²) in [4.78, 5) is 28.6. The largest absolute Gasteiger partial charge is 0.495 e. The maximum absolute atomic E-state index is 12.9. The smallest absolute Gasteiger partial charge is 0.332 e. The molecule has 1 saturated heterocycles. The van der Waals surface area contributed by atoms with Gasteiger partial charge in [0.05, 0.1) is 12.8 Å². The van der Waals surface area contributed by atoms with Gasteiger partial charge in [0.15, 0.2) is 0 Å². The molecule has 0 N–H and O–H groups in total. The van der Waals surface area contributed by atoms with Crippen LogP contribution in [-0.2, 0) is 17.8 Å². The van der Waals surface area contributed by atoms with Gasteiger partial charge in [0.2, 0.25) is 0 Å². The van der Waals surface area contributed by atoms with Crippen LogP contribution in [0.2, 0.25) is 5.02 Å². The molecule has 0 aromatic heterocycles. The van der Waals surface area contributed by atoms with E-state index in [0.717, 1.165) is 11.1 Å². The Labute approximate surface area is 144 Å². The van der Waals surface area contributed by atoms with Crippen molar-refractivity contribution in [1.29, 1.82) is 0 Å². The third-order valence-electron chi connectivity index (χ3n) is 4.57. The standard InChI is InChI=1S/C18H15ClN2O3/c1-24-16-7-6-13(19)9-14(16)21-17(22)15-8-11-4-2-3-5-12(11)10-20(15)18(21)23/h2-7,9,15H,8,10H2,1H3/t15-/m0/s1. The number of hydrogen-bond donors (Lipinski definition) is 0. The lowest BCUT2D eigenvalue weighted by atomic mass is 9.95. The molecule has 6 heteroatoms. The molecule has 2 aliphatic heterocycles. The number of urea groups is 1. The fraction of sp³-hybridized carbons (Fsp3) is 0.222. The molecule has 24 heavy (non-hydrogen) atoms. The molecule has 2 heterocycles. The molecule has 0 radical (unpaired) electrons. The summed E-state index contributed by atoms with van der Waals surface area (Å²) in [7, 11) is 1.50. The second-order valence-electron chi connectivity index (χ2n) is 5.89. The van der Waals surface area contributed by atoms with Crippen molar-refractivity contribution in [3.63, 3.8) is 0 Å². The van der Waals surface area contributed by atoms with Gasteiger partial charge >= 0.3 is 6.03 Å². The van der Waals surface area contributed by atoms with Crippen LogP contribution < -0.4 is 9.64 Å². The lowest BCUT2D eigenvalue weighted by Crippen LogP contribution is -2.39. The minimum Gasteiger partial charge on any atom is -0.495 e. The normalized spacial score (nSPS) is 19.3. The number of rotatable bonds is 2. The van der Waals surface area contributed by atoms with Crippen LogP contribution in [0.4, 0.5) is 10.5 Å². The van der Waals surface area contributed by atoms with Gasteiger partial charge in [-0.2, -0.15) is 0 Å². The summed E-state index contributed by atoms with van der Waals surface area (Å²) in [6, 6.07) is 12.0. The van der Waals surface area contributed by atoms with Gasteiger partial charge in [0.1, 0.15) is 11.8 Å². The molecule has 0 spiro atoms. The van der Waals surface area contributed by atoms with E-state index < -0.39 is 6.04 Å². The summed E-state index contributed by atoms with van der Waals surface area (Å²) in [5, 5.41) is 0.444. The van der Waals surface area contributed by atoms with Crippen molar-refractivity contribution < 1.29 is 14.3 Å². The zero-order valence-corrected chi connectivity index (χ0v) is 13.8. The highest BCUT2D eigenvalue weighted by Crippen LogP contribution is 2.38. The first kappa shape index (κ1) is 15.0. The van der Waals surface area contributed by atoms with E-state index in [1.54, 1.807) is 23.1 Å². The number of carbonyl (C=O) groups is 2. The van der Waals surface area contributed by atoms with Crippen LogP contribution in [0, 0.1) is 0 Å². The Morgan fingerprint density at radius 2 is 1.88 bits per heavy atom. The summed E-state index contributed by atoms with van der Waals surface area (Å²) >= 11 is 6.06. The average Bonchev–Trinajstić information content (AvgIpc) is 2.83. The van der Waals surface area contributed by atoms with Crippen LogP contribution in [0.25, 0.3) is 0 Å². The number of imide groups is 1. The predicted molar refractivity (Wildman–Crippen MR) is 90.4 cm³/mol. The molecule has 3 amide bonds. The molecular weight excluding hydrogens is 328 g/mol. The minimum absolute atomic E-state index is 0.241. The molecule has 0 unspecified atom stereocenters. The number of amides is 3. The van der Waals surface area contributed by atoms with E-state index in [1.165, 1.54) is 12.0 Å². The first-order chi connectivity index (χ1) is 11.6. The fourth-order valence-corrected chi connectivity index (χ4v) is 3.54. The van der Waals surface area contributed by atoms with Crippen molar-refractivity contribution in [2.75, 3.05) is 12.0 Å². The molecule has 4 rings (SSSR count). The highest BCUT2D eigenvalue weighted by atomic mass is 35.5. The Bertz CT molecular complexity index is 809. The van der Waals surface area contributed by atoms with Crippen molar-refractivity contribution in [2.24, 2.45) is 0 Å². The molecule has 0 saturated carbocycles. The molecule has 2 aromatic rings. The number of anilines is 1. The topological polar surface area (TPSA) is 49.9 Å². The molecule has 0 bridgehead atoms. The fourth-order valence-electron chi connectivity index (χ4n) is 3.38. The number of methoxy groups -OCH3 is 1. The van der Waals surface area contributed by atoms with Gasteiger partial charge in [-0.1, -0.05) is 35.9 Å². The van der Waals surface area contributed by atoms with E-state index in [0.29, 0.717) is 29.4 Å². The van der Waals surface area contributed by atoms with Crippen LogP contribution in [0.5, 0.6) is 5.75 Å². The van der Waals surface area contributed by atoms with Gasteiger partial charge in [0, 0.05) is 18.0 Å². The third-order valence-corrected chi connectivity index (χ3v) is 4.81. The van der Waals surface area contributed by atoms with E-state index in [2.05, 4.69) is 0 Å². The summed E-state index contributed by atoms with van der Waals surface area (Å²) in [5.41, 5.74) is 2.58. The summed E-state index contributed by atoms with van der Waals surface area (Å²) < 4.78 is 5.30. The Morgan fingerprint density at radius 1 is 1.12 bits per heavy atom. The number of carbonyl (C=O) groups excluding carboxylic acids is 2. The second-order valence-corrected chi connectivity index (χ2v) is 6.33. The first-order valence-corrected chi connectivity index (χ1v) is 8.03. The molecule has 2 aromatic carbocycles. The molecule has 1 fully saturated rings. The summed E-state index contributed by atoms with van der Waals surface area (Å²) in [5.74, 6) is 0.202. The van der Waals surface area contributed by atoms with Crippen LogP contribution >= 0.6 is 11.6 Å². The van der Waals surface area contributed by atoms with Crippen molar-refractivity contribution in [1.82, 2.24) is 4.90 Å². The average molecular weight is 343 g/mol. The van der Waals surface area contributed by atoms with Gasteiger partial charge < -0.3 is 9.64 Å². The van der Waals surface area contributed by atoms with E-state index >= 15 is 0 Å². The van der Waals surface area contributed by atoms with Gasteiger partial charge in [-0.15, -0.1) is 0 Å². The molecule has 0 aliphatic carbocycles. The van der Waals surface area contributed by atoms with Gasteiger partial charge in [-0.05, 0) is 29.3 Å². The Balaban J connectivity index is 1.76. The maximum Gasteiger partial charge on any atom is 0.332 e. The SMILES string of the molecule is COc1ccc(Cl)cc1N1C(=O)[C@@H]2Cc3ccccc3CN2C1=O. The van der Waals surface area contributed by atoms with Crippen LogP contribution in [0.15, 0.2) is 42.5 Å². The zero-order valence-electron chi connectivity index (χ0n) is 13.0.